The van der Waals surface area contributed by atoms with Gasteiger partial charge in [0.25, 0.3) is 0 Å². The highest BCUT2D eigenvalue weighted by Gasteiger charge is 2.44. The highest BCUT2D eigenvalue weighted by molar-refractivity contribution is 5.55. The minimum atomic E-state index is -1.02. The number of aliphatic hydroxyl groups is 1. The van der Waals surface area contributed by atoms with Gasteiger partial charge in [-0.25, -0.2) is 32.5 Å². The van der Waals surface area contributed by atoms with Gasteiger partial charge >= 0.3 is 5.69 Å². The average molecular weight is 899 g/mol. The molecule has 66 heavy (non-hydrogen) atoms. The number of hydrogen-bond donors (Lipinski definition) is 1. The van der Waals surface area contributed by atoms with Crippen molar-refractivity contribution in [3.63, 3.8) is 0 Å². The van der Waals surface area contributed by atoms with Gasteiger partial charge in [-0.05, 0) is 85.5 Å². The number of aliphatic hydroxyl groups excluding tert-OH is 1. The predicted octanol–water partition coefficient (Wildman–Crippen LogP) is 7.98. The molecule has 7 aromatic rings. The van der Waals surface area contributed by atoms with Crippen LogP contribution < -0.4 is 20.2 Å². The van der Waals surface area contributed by atoms with Gasteiger partial charge in [0.15, 0.2) is 0 Å². The Morgan fingerprint density at radius 3 is 1.95 bits per heavy atom. The molecule has 2 fully saturated rings. The maximum Gasteiger partial charge on any atom is 0.350 e. The van der Waals surface area contributed by atoms with Crippen LogP contribution in [0.4, 0.5) is 20.2 Å². The molecule has 1 unspecified atom stereocenters. The summed E-state index contributed by atoms with van der Waals surface area (Å²) < 4.78 is 51.2. The number of piperazine rings is 1. The Bertz CT molecular complexity index is 2580. The number of hydrogen-bond acceptors (Lipinski definition) is 10. The van der Waals surface area contributed by atoms with Crippen molar-refractivity contribution in [3.8, 4) is 11.4 Å². The fourth-order valence-electron chi connectivity index (χ4n) is 8.68. The molecule has 2 aliphatic heterocycles. The van der Waals surface area contributed by atoms with Gasteiger partial charge in [-0.15, -0.1) is 0 Å². The fraction of sp³-hybridized carbons (Fsp3) is 0.333. The molecule has 15 heteroatoms. The smallest absolute Gasteiger partial charge is 0.350 e. The van der Waals surface area contributed by atoms with Gasteiger partial charge in [0.2, 0.25) is 0 Å². The summed E-state index contributed by atoms with van der Waals surface area (Å²) in [6, 6.07) is 39.6. The van der Waals surface area contributed by atoms with E-state index in [1.165, 1.54) is 45.2 Å². The van der Waals surface area contributed by atoms with Gasteiger partial charge in [-0.3, -0.25) is 0 Å². The van der Waals surface area contributed by atoms with Crippen LogP contribution in [0.25, 0.3) is 5.69 Å². The summed E-state index contributed by atoms with van der Waals surface area (Å²) in [4.78, 5) is 21.7. The minimum absolute atomic E-state index is 0.0121. The van der Waals surface area contributed by atoms with Crippen LogP contribution in [-0.4, -0.2) is 79.7 Å². The van der Waals surface area contributed by atoms with Crippen LogP contribution >= 0.6 is 0 Å². The lowest BCUT2D eigenvalue weighted by Crippen LogP contribution is -2.46. The van der Waals surface area contributed by atoms with Crippen molar-refractivity contribution < 1.29 is 28.1 Å². The monoisotopic (exact) mass is 898 g/mol. The lowest BCUT2D eigenvalue weighted by Gasteiger charge is -2.37. The van der Waals surface area contributed by atoms with Gasteiger partial charge in [0.1, 0.15) is 42.0 Å². The van der Waals surface area contributed by atoms with Crippen LogP contribution in [0.15, 0.2) is 151 Å². The van der Waals surface area contributed by atoms with Crippen molar-refractivity contribution in [2.45, 2.75) is 64.2 Å². The summed E-state index contributed by atoms with van der Waals surface area (Å²) >= 11 is 0. The van der Waals surface area contributed by atoms with Crippen molar-refractivity contribution in [1.29, 1.82) is 0 Å². The number of anilines is 2. The maximum atomic E-state index is 15.0. The summed E-state index contributed by atoms with van der Waals surface area (Å²) in [6.07, 6.45) is 4.88. The number of rotatable bonds is 16. The summed E-state index contributed by atoms with van der Waals surface area (Å²) in [7, 11) is 0. The molecule has 0 bridgehead atoms. The molecule has 4 heterocycles. The Kier molecular flexibility index (Phi) is 15.0. The van der Waals surface area contributed by atoms with Crippen LogP contribution in [0, 0.1) is 17.6 Å². The highest BCUT2D eigenvalue weighted by Crippen LogP contribution is 2.42. The third kappa shape index (κ3) is 11.2. The Balaban J connectivity index is 0.000000334. The molecule has 9 rings (SSSR count). The lowest BCUT2D eigenvalue weighted by atomic mass is 9.87. The highest BCUT2D eigenvalue weighted by atomic mass is 19.1. The first kappa shape index (κ1) is 45.9. The standard InChI is InChI=1S/C37H42F2N8O4.C14H14O/c1-3-35(26(2)48)47-36(49)46(25-42-47)31-7-5-29(6-8-31)43-14-16-44(17-15-43)30-9-11-32(12-10-30)50-20-27-19-37(51-21-27,22-45-24-40-23-41-45)33-13-4-28(38)18-34(33)39;1-3-7-13(8-4-1)11-15-12-14-9-5-2-6-10-14/h4-13,18,23-27,35,48H,3,14-17,19-22H2,1-2H3;1-10H,11-12H2/t26-,27?,35-,37-;/m0./s1. The Morgan fingerprint density at radius 2 is 1.39 bits per heavy atom. The molecule has 5 aromatic carbocycles. The van der Waals surface area contributed by atoms with E-state index in [4.69, 9.17) is 14.2 Å². The first-order valence-electron chi connectivity index (χ1n) is 22.4. The van der Waals surface area contributed by atoms with E-state index in [9.17, 15) is 18.7 Å². The van der Waals surface area contributed by atoms with Crippen molar-refractivity contribution in [2.75, 3.05) is 49.2 Å². The zero-order valence-corrected chi connectivity index (χ0v) is 37.3. The van der Waals surface area contributed by atoms with Crippen molar-refractivity contribution in [2.24, 2.45) is 5.92 Å². The van der Waals surface area contributed by atoms with Gasteiger partial charge in [0, 0.05) is 55.1 Å². The zero-order valence-electron chi connectivity index (χ0n) is 37.3. The Morgan fingerprint density at radius 1 is 0.788 bits per heavy atom. The third-order valence-corrected chi connectivity index (χ3v) is 12.2. The second-order valence-corrected chi connectivity index (χ2v) is 16.8. The van der Waals surface area contributed by atoms with E-state index >= 15 is 0 Å². The maximum absolute atomic E-state index is 15.0. The SMILES string of the molecule is CC[C@@H]([C@H](C)O)n1ncn(-c2ccc(N3CCN(c4ccc(OCC5CO[C@@](Cn6cncn6)(c6ccc(F)cc6F)C5)cc4)CC3)cc2)c1=O.c1ccc(COCc2ccccc2)cc1. The summed E-state index contributed by atoms with van der Waals surface area (Å²) in [5.74, 6) is -0.563. The molecule has 2 aromatic heterocycles. The minimum Gasteiger partial charge on any atom is -0.493 e. The van der Waals surface area contributed by atoms with Crippen LogP contribution in [0.2, 0.25) is 0 Å². The lowest BCUT2D eigenvalue weighted by molar-refractivity contribution is -0.0206. The molecule has 2 saturated heterocycles. The van der Waals surface area contributed by atoms with Crippen molar-refractivity contribution in [3.05, 3.63) is 185 Å². The average Bonchev–Trinajstić information content (AvgIpc) is 4.11. The second-order valence-electron chi connectivity index (χ2n) is 16.8. The first-order chi connectivity index (χ1) is 32.2. The molecule has 4 atom stereocenters. The molecule has 0 radical (unpaired) electrons. The van der Waals surface area contributed by atoms with Gasteiger partial charge < -0.3 is 29.1 Å². The Labute approximate surface area is 383 Å². The number of ether oxygens (including phenoxy) is 3. The molecule has 1 N–H and O–H groups in total. The predicted molar refractivity (Wildman–Crippen MR) is 249 cm³/mol. The molecule has 13 nitrogen and oxygen atoms in total. The second kappa shape index (κ2) is 21.5. The van der Waals surface area contributed by atoms with Gasteiger partial charge in [0.05, 0.1) is 50.8 Å². The van der Waals surface area contributed by atoms with E-state index in [2.05, 4.69) is 61.4 Å². The van der Waals surface area contributed by atoms with E-state index in [1.54, 1.807) is 17.9 Å². The first-order valence-corrected chi connectivity index (χ1v) is 22.4. The number of halogens is 2. The quantitative estimate of drug-likeness (QED) is 0.102. The van der Waals surface area contributed by atoms with E-state index in [1.807, 2.05) is 79.7 Å². The molecular formula is C51H56F2N8O5. The number of nitrogens with zero attached hydrogens (tertiary/aromatic N) is 8. The molecule has 0 aliphatic carbocycles. The van der Waals surface area contributed by atoms with Gasteiger partial charge in [-0.1, -0.05) is 73.7 Å². The molecular weight excluding hydrogens is 843 g/mol. The molecule has 2 aliphatic rings. The van der Waals surface area contributed by atoms with Crippen LogP contribution in [0.3, 0.4) is 0 Å². The van der Waals surface area contributed by atoms with Gasteiger partial charge in [-0.2, -0.15) is 10.2 Å². The third-order valence-electron chi connectivity index (χ3n) is 12.2. The van der Waals surface area contributed by atoms with E-state index in [0.717, 1.165) is 55.1 Å². The van der Waals surface area contributed by atoms with Crippen LogP contribution in [0.5, 0.6) is 5.75 Å². The zero-order chi connectivity index (χ0) is 45.9. The van der Waals surface area contributed by atoms with Crippen molar-refractivity contribution in [1.82, 2.24) is 29.1 Å². The molecule has 0 amide bonds. The van der Waals surface area contributed by atoms with Crippen LogP contribution in [-0.2, 0) is 34.8 Å². The van der Waals surface area contributed by atoms with E-state index in [-0.39, 0.29) is 24.2 Å². The number of benzene rings is 5. The summed E-state index contributed by atoms with van der Waals surface area (Å²) in [6.45, 7) is 9.32. The van der Waals surface area contributed by atoms with E-state index in [0.29, 0.717) is 44.8 Å². The molecule has 0 spiro atoms. The Hall–Kier alpha value is -6.68. The van der Waals surface area contributed by atoms with E-state index < -0.39 is 23.3 Å². The fourth-order valence-corrected chi connectivity index (χ4v) is 8.68. The van der Waals surface area contributed by atoms with Crippen molar-refractivity contribution >= 4 is 11.4 Å². The normalized spacial score (nSPS) is 18.1. The van der Waals surface area contributed by atoms with Crippen LogP contribution in [0.1, 0.15) is 49.4 Å². The summed E-state index contributed by atoms with van der Waals surface area (Å²) in [5.41, 5.74) is 4.36. The molecule has 344 valence electrons. The number of aromatic nitrogens is 6. The summed E-state index contributed by atoms with van der Waals surface area (Å²) in [5, 5.41) is 18.5. The molecule has 0 saturated carbocycles. The topological polar surface area (TPSA) is 125 Å². The largest absolute Gasteiger partial charge is 0.493 e.